The van der Waals surface area contributed by atoms with E-state index < -0.39 is 5.97 Å². The van der Waals surface area contributed by atoms with Crippen LogP contribution in [0, 0.1) is 16.0 Å². The standard InChI is InChI=1S/C34H30N2O4/c1-34(2,24-7-4-3-5-8-24)25-14-18-27(19-15-25)40-33(37)23-13-20-31-30(21-23)28-9-6-10-29(28)32(35-31)22-11-16-26(17-12-22)36(38)39/h3-9,11-21,28-29,32,35H,10H2,1-2H3/t28-,29-,32-/m0/s1. The summed E-state index contributed by atoms with van der Waals surface area (Å²) in [5.41, 5.74) is 5.80. The number of carbonyl (C=O) groups is 1. The Morgan fingerprint density at radius 1 is 0.925 bits per heavy atom. The lowest BCUT2D eigenvalue weighted by Crippen LogP contribution is -2.29. The van der Waals surface area contributed by atoms with Gasteiger partial charge in [0.2, 0.25) is 0 Å². The van der Waals surface area contributed by atoms with E-state index in [4.69, 9.17) is 4.74 Å². The van der Waals surface area contributed by atoms with Gasteiger partial charge in [-0.2, -0.15) is 0 Å². The fraction of sp³-hybridized carbons (Fsp3) is 0.206. The Balaban J connectivity index is 1.20. The number of ether oxygens (including phenoxy) is 1. The third kappa shape index (κ3) is 4.66. The summed E-state index contributed by atoms with van der Waals surface area (Å²) in [5.74, 6) is 0.503. The predicted molar refractivity (Wildman–Crippen MR) is 156 cm³/mol. The molecule has 0 spiro atoms. The van der Waals surface area contributed by atoms with Crippen molar-refractivity contribution in [2.45, 2.75) is 37.6 Å². The quantitative estimate of drug-likeness (QED) is 0.0899. The zero-order valence-corrected chi connectivity index (χ0v) is 22.4. The molecule has 1 aliphatic heterocycles. The van der Waals surface area contributed by atoms with Crippen LogP contribution in [0.1, 0.15) is 64.8 Å². The third-order valence-corrected chi connectivity index (χ3v) is 8.34. The minimum Gasteiger partial charge on any atom is -0.423 e. The van der Waals surface area contributed by atoms with Gasteiger partial charge in [0.15, 0.2) is 0 Å². The van der Waals surface area contributed by atoms with E-state index >= 15 is 0 Å². The number of nitrogens with zero attached hydrogens (tertiary/aromatic N) is 1. The molecule has 6 heteroatoms. The van der Waals surface area contributed by atoms with Gasteiger partial charge in [0, 0.05) is 29.2 Å². The van der Waals surface area contributed by atoms with Crippen LogP contribution >= 0.6 is 0 Å². The number of fused-ring (bicyclic) bond motifs is 3. The summed E-state index contributed by atoms with van der Waals surface area (Å²) in [6.07, 6.45) is 5.26. The maximum Gasteiger partial charge on any atom is 0.343 e. The van der Waals surface area contributed by atoms with E-state index in [0.29, 0.717) is 11.3 Å². The van der Waals surface area contributed by atoms with Gasteiger partial charge < -0.3 is 10.1 Å². The molecule has 0 aromatic heterocycles. The van der Waals surface area contributed by atoms with Crippen molar-refractivity contribution in [2.24, 2.45) is 5.92 Å². The van der Waals surface area contributed by atoms with Crippen LogP contribution in [0.5, 0.6) is 5.75 Å². The number of nitro benzene ring substituents is 1. The van der Waals surface area contributed by atoms with Crippen molar-refractivity contribution in [3.8, 4) is 5.75 Å². The highest BCUT2D eigenvalue weighted by Crippen LogP contribution is 2.50. The Hall–Kier alpha value is -4.71. The summed E-state index contributed by atoms with van der Waals surface area (Å²) in [7, 11) is 0. The highest BCUT2D eigenvalue weighted by atomic mass is 16.6. The lowest BCUT2D eigenvalue weighted by molar-refractivity contribution is -0.384. The van der Waals surface area contributed by atoms with Crippen LogP contribution in [0.3, 0.4) is 0 Å². The van der Waals surface area contributed by atoms with Crippen LogP contribution in [0.2, 0.25) is 0 Å². The van der Waals surface area contributed by atoms with Gasteiger partial charge in [0.1, 0.15) is 5.75 Å². The molecule has 4 aromatic carbocycles. The average Bonchev–Trinajstić information content (AvgIpc) is 3.48. The first kappa shape index (κ1) is 25.6. The van der Waals surface area contributed by atoms with Gasteiger partial charge in [-0.1, -0.05) is 80.6 Å². The van der Waals surface area contributed by atoms with E-state index in [2.05, 4.69) is 43.4 Å². The van der Waals surface area contributed by atoms with Crippen molar-refractivity contribution in [3.63, 3.8) is 0 Å². The third-order valence-electron chi connectivity index (χ3n) is 8.34. The van der Waals surface area contributed by atoms with E-state index in [1.54, 1.807) is 18.2 Å². The number of hydrogen-bond acceptors (Lipinski definition) is 5. The molecule has 4 aromatic rings. The molecular formula is C34H30N2O4. The smallest absolute Gasteiger partial charge is 0.343 e. The van der Waals surface area contributed by atoms with E-state index in [9.17, 15) is 14.9 Å². The fourth-order valence-electron chi connectivity index (χ4n) is 5.98. The van der Waals surface area contributed by atoms with Crippen LogP contribution in [0.4, 0.5) is 11.4 Å². The van der Waals surface area contributed by atoms with Crippen LogP contribution < -0.4 is 10.1 Å². The Bertz CT molecular complexity index is 1590. The molecule has 40 heavy (non-hydrogen) atoms. The largest absolute Gasteiger partial charge is 0.423 e. The van der Waals surface area contributed by atoms with Crippen LogP contribution in [0.15, 0.2) is 109 Å². The summed E-state index contributed by atoms with van der Waals surface area (Å²) >= 11 is 0. The Labute approximate surface area is 233 Å². The first-order chi connectivity index (χ1) is 19.3. The first-order valence-corrected chi connectivity index (χ1v) is 13.5. The van der Waals surface area contributed by atoms with Gasteiger partial charge in [-0.25, -0.2) is 4.79 Å². The predicted octanol–water partition coefficient (Wildman–Crippen LogP) is 7.97. The van der Waals surface area contributed by atoms with Gasteiger partial charge in [-0.3, -0.25) is 10.1 Å². The minimum absolute atomic E-state index is 0.0183. The van der Waals surface area contributed by atoms with E-state index in [0.717, 1.165) is 28.8 Å². The SMILES string of the molecule is CC(C)(c1ccccc1)c1ccc(OC(=O)c2ccc3c(c2)[C@H]2C=CC[C@@H]2[C@H](c2ccc([N+](=O)[O-])cc2)N3)cc1. The number of allylic oxidation sites excluding steroid dienone is 2. The van der Waals surface area contributed by atoms with Crippen LogP contribution in [-0.2, 0) is 5.41 Å². The summed E-state index contributed by atoms with van der Waals surface area (Å²) in [5, 5.41) is 14.7. The van der Waals surface area contributed by atoms with Crippen LogP contribution in [-0.4, -0.2) is 10.9 Å². The molecule has 0 amide bonds. The lowest BCUT2D eigenvalue weighted by Gasteiger charge is -2.37. The fourth-order valence-corrected chi connectivity index (χ4v) is 5.98. The molecule has 3 atom stereocenters. The molecule has 0 radical (unpaired) electrons. The highest BCUT2D eigenvalue weighted by molar-refractivity contribution is 5.92. The number of rotatable bonds is 6. The topological polar surface area (TPSA) is 81.5 Å². The number of anilines is 1. The van der Waals surface area contributed by atoms with Crippen molar-refractivity contribution in [2.75, 3.05) is 5.32 Å². The molecule has 0 unspecified atom stereocenters. The van der Waals surface area contributed by atoms with Gasteiger partial charge in [-0.15, -0.1) is 0 Å². The lowest BCUT2D eigenvalue weighted by atomic mass is 9.76. The Kier molecular flexibility index (Phi) is 6.46. The monoisotopic (exact) mass is 530 g/mol. The zero-order chi connectivity index (χ0) is 27.9. The van der Waals surface area contributed by atoms with Crippen LogP contribution in [0.25, 0.3) is 0 Å². The normalized spacial score (nSPS) is 19.3. The summed E-state index contributed by atoms with van der Waals surface area (Å²) in [6, 6.07) is 30.5. The van der Waals surface area contributed by atoms with E-state index in [-0.39, 0.29) is 33.9 Å². The second kappa shape index (κ2) is 10.1. The molecule has 6 nitrogen and oxygen atoms in total. The zero-order valence-electron chi connectivity index (χ0n) is 22.4. The number of esters is 1. The Morgan fingerprint density at radius 3 is 2.33 bits per heavy atom. The molecule has 2 aliphatic rings. The second-order valence-electron chi connectivity index (χ2n) is 11.0. The number of carbonyl (C=O) groups excluding carboxylic acids is 1. The molecule has 0 saturated heterocycles. The minimum atomic E-state index is -0.395. The van der Waals surface area contributed by atoms with Gasteiger partial charge in [0.25, 0.3) is 5.69 Å². The first-order valence-electron chi connectivity index (χ1n) is 13.5. The summed E-state index contributed by atoms with van der Waals surface area (Å²) in [4.78, 5) is 23.9. The summed E-state index contributed by atoms with van der Waals surface area (Å²) < 4.78 is 5.76. The van der Waals surface area contributed by atoms with Gasteiger partial charge in [0.05, 0.1) is 16.5 Å². The van der Waals surface area contributed by atoms with E-state index in [1.165, 1.54) is 5.56 Å². The molecule has 200 valence electrons. The molecule has 0 bridgehead atoms. The molecule has 1 aliphatic carbocycles. The molecule has 0 saturated carbocycles. The molecular weight excluding hydrogens is 500 g/mol. The van der Waals surface area contributed by atoms with Crippen molar-refractivity contribution in [3.05, 3.63) is 147 Å². The second-order valence-corrected chi connectivity index (χ2v) is 11.0. The molecule has 1 heterocycles. The van der Waals surface area contributed by atoms with E-state index in [1.807, 2.05) is 66.7 Å². The average molecular weight is 531 g/mol. The maximum absolute atomic E-state index is 13.2. The Morgan fingerprint density at radius 2 is 1.62 bits per heavy atom. The summed E-state index contributed by atoms with van der Waals surface area (Å²) in [6.45, 7) is 4.36. The van der Waals surface area contributed by atoms with Gasteiger partial charge in [-0.05, 0) is 64.9 Å². The highest BCUT2D eigenvalue weighted by Gasteiger charge is 2.38. The molecule has 1 N–H and O–H groups in total. The maximum atomic E-state index is 13.2. The number of benzene rings is 4. The van der Waals surface area contributed by atoms with Gasteiger partial charge >= 0.3 is 5.97 Å². The van der Waals surface area contributed by atoms with Crippen molar-refractivity contribution < 1.29 is 14.5 Å². The number of nitrogens with one attached hydrogen (secondary N) is 1. The van der Waals surface area contributed by atoms with Crippen molar-refractivity contribution >= 4 is 17.3 Å². The number of hydrogen-bond donors (Lipinski definition) is 1. The van der Waals surface area contributed by atoms with Crippen molar-refractivity contribution in [1.29, 1.82) is 0 Å². The number of non-ortho nitro benzene ring substituents is 1. The van der Waals surface area contributed by atoms with Crippen molar-refractivity contribution in [1.82, 2.24) is 0 Å². The molecule has 0 fully saturated rings. The molecule has 6 rings (SSSR count). The number of nitro groups is 1.